The SMILES string of the molecule is COc1ccc2c(c1)CC[C@@H]1[C@@H]2CC[C@@]2(C)[C@H]1CC[C@@]2(O)c1cn(CC(=O)N[C@H]2[C@H]([C@H](O)[C@H](O)CO)O[C@](OP(=O)(O)OC[C@H]3O[C@@H](n4ccc(N)nc4=O)[C@H](O)[C@@H]3O)(C(=O)O)C[C@@H]2O)nn1. The number of carbonyl (C=O) groups excluding carboxylic acids is 1. The van der Waals surface area contributed by atoms with Crippen molar-refractivity contribution in [1.82, 2.24) is 29.9 Å². The van der Waals surface area contributed by atoms with Crippen molar-refractivity contribution in [3.05, 3.63) is 64.0 Å². The van der Waals surface area contributed by atoms with Crippen molar-refractivity contribution in [2.45, 2.75) is 131 Å². The van der Waals surface area contributed by atoms with E-state index in [-0.39, 0.29) is 17.4 Å². The minimum Gasteiger partial charge on any atom is -0.497 e. The third-order valence-electron chi connectivity index (χ3n) is 14.6. The number of phosphoric ester groups is 1. The van der Waals surface area contributed by atoms with Crippen LogP contribution in [0, 0.1) is 17.3 Å². The minimum atomic E-state index is -5.65. The Bertz CT molecular complexity index is 2440. The summed E-state index contributed by atoms with van der Waals surface area (Å²) >= 11 is 0. The molecule has 2 saturated carbocycles. The number of carboxylic acid groups (broad SMARTS) is 1. The van der Waals surface area contributed by atoms with Crippen LogP contribution < -0.4 is 21.5 Å². The Balaban J connectivity index is 0.934. The average molecular weight is 966 g/mol. The van der Waals surface area contributed by atoms with Crippen LogP contribution in [-0.4, -0.2) is 157 Å². The molecule has 4 fully saturated rings. The molecule has 3 aliphatic carbocycles. The number of methoxy groups -OCH3 is 1. The van der Waals surface area contributed by atoms with Gasteiger partial charge in [0.15, 0.2) is 6.23 Å². The van der Waals surface area contributed by atoms with E-state index in [0.29, 0.717) is 24.7 Å². The molecular weight excluding hydrogens is 909 g/mol. The van der Waals surface area contributed by atoms with Gasteiger partial charge in [-0.2, -0.15) is 4.98 Å². The van der Waals surface area contributed by atoms with E-state index in [1.807, 2.05) is 6.07 Å². The van der Waals surface area contributed by atoms with Crippen molar-refractivity contribution < 1.29 is 83.2 Å². The van der Waals surface area contributed by atoms with Gasteiger partial charge in [0, 0.05) is 18.0 Å². The molecule has 26 heteroatoms. The van der Waals surface area contributed by atoms with Gasteiger partial charge in [0.1, 0.15) is 66.0 Å². The molecule has 67 heavy (non-hydrogen) atoms. The number of fused-ring (bicyclic) bond motifs is 5. The molecule has 0 bridgehead atoms. The van der Waals surface area contributed by atoms with Crippen LogP contribution >= 0.6 is 7.82 Å². The highest BCUT2D eigenvalue weighted by atomic mass is 31.2. The number of hydrogen-bond donors (Lipinski definition) is 11. The molecule has 4 heterocycles. The van der Waals surface area contributed by atoms with E-state index < -0.39 is 123 Å². The Hall–Kier alpha value is -4.47. The summed E-state index contributed by atoms with van der Waals surface area (Å²) < 4.78 is 41.6. The summed E-state index contributed by atoms with van der Waals surface area (Å²) in [7, 11) is -4.01. The summed E-state index contributed by atoms with van der Waals surface area (Å²) in [6.07, 6.45) is -9.39. The smallest absolute Gasteiger partial charge is 0.475 e. The summed E-state index contributed by atoms with van der Waals surface area (Å²) in [4.78, 5) is 52.9. The van der Waals surface area contributed by atoms with Gasteiger partial charge in [0.05, 0.1) is 38.7 Å². The fourth-order valence-corrected chi connectivity index (χ4v) is 12.1. The molecule has 0 spiro atoms. The van der Waals surface area contributed by atoms with Gasteiger partial charge in [0.25, 0.3) is 5.79 Å². The van der Waals surface area contributed by atoms with E-state index >= 15 is 0 Å². The van der Waals surface area contributed by atoms with Gasteiger partial charge in [-0.1, -0.05) is 18.2 Å². The molecule has 2 saturated heterocycles. The summed E-state index contributed by atoms with van der Waals surface area (Å²) in [6, 6.07) is 5.69. The number of aliphatic carboxylic acids is 1. The standard InChI is InChI=1S/C41H56N7O18P/c1-39-10-7-22-21-6-4-20(62-2)13-19(21)3-5-23(22)24(39)8-11-40(39,59)28-15-47(46-45-28)16-30(52)44-31-25(50)14-41(37(56)57,65-35(31)32(53)26(51)17-49)66-67(60,61)63-18-27-33(54)34(55)36(64-27)48-12-9-29(42)43-38(48)58/h4,6,9,12-13,15,22-27,31-36,49-51,53-55,59H,3,5,7-8,10-11,14,16-18H2,1-2H3,(H,44,52)(H,56,57)(H,60,61)(H2,42,43,58)/t22-,23-,24+,25+,26-,27-,31-,32-,33-,34-,35-,36-,39+,40-,41-/m1/s1. The highest BCUT2D eigenvalue weighted by Crippen LogP contribution is 2.67. The van der Waals surface area contributed by atoms with Crippen LogP contribution in [0.4, 0.5) is 5.82 Å². The van der Waals surface area contributed by atoms with Gasteiger partial charge >= 0.3 is 19.5 Å². The molecule has 2 aliphatic heterocycles. The molecule has 0 radical (unpaired) electrons. The fourth-order valence-electron chi connectivity index (χ4n) is 11.1. The van der Waals surface area contributed by atoms with Crippen LogP contribution in [0.25, 0.3) is 0 Å². The lowest BCUT2D eigenvalue weighted by molar-refractivity contribution is -0.289. The lowest BCUT2D eigenvalue weighted by Gasteiger charge is -2.52. The molecule has 25 nitrogen and oxygen atoms in total. The Kier molecular flexibility index (Phi) is 13.5. The molecule has 3 aromatic rings. The second kappa shape index (κ2) is 18.5. The maximum atomic E-state index is 13.6. The van der Waals surface area contributed by atoms with Crippen molar-refractivity contribution in [3.8, 4) is 5.75 Å². The van der Waals surface area contributed by atoms with Gasteiger partial charge in [-0.05, 0) is 85.6 Å². The molecule has 8 rings (SSSR count). The van der Waals surface area contributed by atoms with E-state index in [0.717, 1.165) is 46.9 Å². The van der Waals surface area contributed by atoms with Crippen molar-refractivity contribution >= 4 is 25.5 Å². The maximum Gasteiger partial charge on any atom is 0.475 e. The van der Waals surface area contributed by atoms with E-state index in [2.05, 4.69) is 39.7 Å². The number of nitrogens with one attached hydrogen (secondary N) is 1. The highest BCUT2D eigenvalue weighted by molar-refractivity contribution is 7.47. The van der Waals surface area contributed by atoms with E-state index in [4.69, 9.17) is 29.0 Å². The predicted octanol–water partition coefficient (Wildman–Crippen LogP) is -2.25. The third-order valence-corrected chi connectivity index (χ3v) is 15.6. The number of phosphoric acid groups is 1. The number of aryl methyl sites for hydroxylation is 1. The number of carboxylic acids is 1. The molecule has 12 N–H and O–H groups in total. The third kappa shape index (κ3) is 8.90. The number of aliphatic hydroxyl groups is 7. The van der Waals surface area contributed by atoms with Crippen LogP contribution in [-0.2, 0) is 51.2 Å². The maximum absolute atomic E-state index is 13.6. The van der Waals surface area contributed by atoms with Crippen LogP contribution in [0.2, 0.25) is 0 Å². The molecule has 1 unspecified atom stereocenters. The van der Waals surface area contributed by atoms with Crippen LogP contribution in [0.15, 0.2) is 41.5 Å². The number of rotatable bonds is 15. The fraction of sp³-hybridized carbons (Fsp3) is 0.659. The predicted molar refractivity (Wildman–Crippen MR) is 224 cm³/mol. The Morgan fingerprint density at radius 2 is 1.88 bits per heavy atom. The quantitative estimate of drug-likeness (QED) is 0.0717. The monoisotopic (exact) mass is 965 g/mol. The number of benzene rings is 1. The minimum absolute atomic E-state index is 0.149. The topological polar surface area (TPSA) is 383 Å². The number of ether oxygens (including phenoxy) is 3. The number of anilines is 1. The van der Waals surface area contributed by atoms with Gasteiger partial charge in [-0.3, -0.25) is 13.9 Å². The van der Waals surface area contributed by atoms with Gasteiger partial charge < -0.3 is 71.0 Å². The van der Waals surface area contributed by atoms with Crippen LogP contribution in [0.3, 0.4) is 0 Å². The zero-order valence-electron chi connectivity index (χ0n) is 36.4. The second-order valence-electron chi connectivity index (χ2n) is 18.3. The van der Waals surface area contributed by atoms with E-state index in [1.54, 1.807) is 7.11 Å². The second-order valence-corrected chi connectivity index (χ2v) is 19.7. The number of nitrogens with two attached hydrogens (primary N) is 1. The Morgan fingerprint density at radius 1 is 1.12 bits per heavy atom. The molecule has 5 aliphatic rings. The first kappa shape index (κ1) is 49.0. The van der Waals surface area contributed by atoms with Crippen molar-refractivity contribution in [2.24, 2.45) is 17.3 Å². The largest absolute Gasteiger partial charge is 0.497 e. The van der Waals surface area contributed by atoms with E-state index in [1.165, 1.54) is 23.4 Å². The normalized spacial score (nSPS) is 36.5. The Morgan fingerprint density at radius 3 is 2.58 bits per heavy atom. The summed E-state index contributed by atoms with van der Waals surface area (Å²) in [5.41, 5.74) is 5.47. The lowest BCUT2D eigenvalue weighted by atomic mass is 9.53. The van der Waals surface area contributed by atoms with Gasteiger partial charge in [-0.25, -0.2) is 23.4 Å². The molecule has 1 aromatic carbocycles. The number of nitrogen functional groups attached to an aromatic ring is 1. The molecule has 2 aromatic heterocycles. The molecule has 1 amide bonds. The van der Waals surface area contributed by atoms with Crippen LogP contribution in [0.5, 0.6) is 5.75 Å². The lowest BCUT2D eigenvalue weighted by Crippen LogP contribution is -2.68. The number of aromatic nitrogens is 5. The molecule has 16 atom stereocenters. The highest BCUT2D eigenvalue weighted by Gasteiger charge is 2.64. The van der Waals surface area contributed by atoms with Crippen LogP contribution in [0.1, 0.15) is 74.4 Å². The van der Waals surface area contributed by atoms with Crippen molar-refractivity contribution in [1.29, 1.82) is 0 Å². The first-order valence-electron chi connectivity index (χ1n) is 21.8. The molecule has 368 valence electrons. The van der Waals surface area contributed by atoms with Gasteiger partial charge in [-0.15, -0.1) is 5.10 Å². The average Bonchev–Trinajstić information content (AvgIpc) is 3.96. The zero-order valence-corrected chi connectivity index (χ0v) is 37.3. The number of amides is 1. The summed E-state index contributed by atoms with van der Waals surface area (Å²) in [5.74, 6) is -4.82. The molecular formula is C41H56N7O18P. The van der Waals surface area contributed by atoms with Crippen molar-refractivity contribution in [3.63, 3.8) is 0 Å². The number of aliphatic hydroxyl groups excluding tert-OH is 6. The Labute approximate surface area is 381 Å². The summed E-state index contributed by atoms with van der Waals surface area (Å²) in [5, 5.41) is 97.1. The number of carbonyl (C=O) groups is 2. The van der Waals surface area contributed by atoms with E-state index in [9.17, 15) is 64.7 Å². The number of hydrogen-bond acceptors (Lipinski definition) is 20. The van der Waals surface area contributed by atoms with Crippen molar-refractivity contribution in [2.75, 3.05) is 26.1 Å². The first-order chi connectivity index (χ1) is 31.6. The first-order valence-corrected chi connectivity index (χ1v) is 23.3. The zero-order chi connectivity index (χ0) is 48.4. The van der Waals surface area contributed by atoms with Gasteiger partial charge in [0.2, 0.25) is 5.91 Å². The number of nitrogens with zero attached hydrogens (tertiary/aromatic N) is 5. The summed E-state index contributed by atoms with van der Waals surface area (Å²) in [6.45, 7) is -0.670.